The van der Waals surface area contributed by atoms with E-state index in [1.807, 2.05) is 56.8 Å². The molecule has 3 aromatic rings. The highest BCUT2D eigenvalue weighted by atomic mass is 16.1. The molecule has 33 heavy (non-hydrogen) atoms. The summed E-state index contributed by atoms with van der Waals surface area (Å²) < 4.78 is 1.89. The van der Waals surface area contributed by atoms with E-state index in [9.17, 15) is 4.79 Å². The van der Waals surface area contributed by atoms with Crippen LogP contribution in [0.15, 0.2) is 47.5 Å². The average molecular weight is 446 g/mol. The molecule has 0 aliphatic rings. The highest BCUT2D eigenvalue weighted by molar-refractivity contribution is 6.10. The number of amides is 1. The molecule has 0 bridgehead atoms. The average Bonchev–Trinajstić information content (AvgIpc) is 2.99. The van der Waals surface area contributed by atoms with Gasteiger partial charge in [0.15, 0.2) is 0 Å². The predicted molar refractivity (Wildman–Crippen MR) is 136 cm³/mol. The van der Waals surface area contributed by atoms with Gasteiger partial charge in [-0.3, -0.25) is 19.8 Å². The van der Waals surface area contributed by atoms with E-state index in [1.165, 1.54) is 11.1 Å². The summed E-state index contributed by atoms with van der Waals surface area (Å²) >= 11 is 0. The van der Waals surface area contributed by atoms with Crippen molar-refractivity contribution in [3.63, 3.8) is 0 Å². The third-order valence-electron chi connectivity index (χ3n) is 5.85. The molecule has 0 unspecified atom stereocenters. The lowest BCUT2D eigenvalue weighted by atomic mass is 10.0. The van der Waals surface area contributed by atoms with Crippen LogP contribution in [0.2, 0.25) is 0 Å². The largest absolute Gasteiger partial charge is 0.326 e. The molecule has 2 N–H and O–H groups in total. The number of nitrogens with one attached hydrogen (secondary N) is 2. The Kier molecular flexibility index (Phi) is 7.69. The highest BCUT2D eigenvalue weighted by Crippen LogP contribution is 2.17. The quantitative estimate of drug-likeness (QED) is 0.404. The molecule has 0 radical (unpaired) electrons. The first kappa shape index (κ1) is 24.2. The molecule has 0 saturated heterocycles. The molecule has 0 aliphatic carbocycles. The van der Waals surface area contributed by atoms with Crippen molar-refractivity contribution in [2.75, 3.05) is 11.9 Å². The zero-order valence-electron chi connectivity index (χ0n) is 20.8. The smallest absolute Gasteiger partial charge is 0.257 e. The van der Waals surface area contributed by atoms with Gasteiger partial charge in [0.2, 0.25) is 5.96 Å². The van der Waals surface area contributed by atoms with Gasteiger partial charge in [-0.05, 0) is 75.4 Å². The minimum absolute atomic E-state index is 0.180. The van der Waals surface area contributed by atoms with Gasteiger partial charge < -0.3 is 5.32 Å². The van der Waals surface area contributed by atoms with Gasteiger partial charge in [0.25, 0.3) is 5.91 Å². The second-order valence-corrected chi connectivity index (χ2v) is 8.99. The van der Waals surface area contributed by atoms with Gasteiger partial charge in [-0.15, -0.1) is 0 Å². The number of rotatable bonds is 6. The second kappa shape index (κ2) is 10.5. The van der Waals surface area contributed by atoms with E-state index in [0.717, 1.165) is 34.6 Å². The lowest BCUT2D eigenvalue weighted by molar-refractivity contribution is 0.0976. The molecule has 0 fully saturated rings. The zero-order chi connectivity index (χ0) is 24.1. The summed E-state index contributed by atoms with van der Waals surface area (Å²) in [7, 11) is 1.95. The maximum Gasteiger partial charge on any atom is 0.257 e. The van der Waals surface area contributed by atoms with Crippen LogP contribution in [0.25, 0.3) is 0 Å². The minimum Gasteiger partial charge on any atom is -0.326 e. The predicted octanol–water partition coefficient (Wildman–Crippen LogP) is 5.22. The lowest BCUT2D eigenvalue weighted by Crippen LogP contribution is -2.36. The Morgan fingerprint density at radius 1 is 1.03 bits per heavy atom. The third kappa shape index (κ3) is 6.31. The van der Waals surface area contributed by atoms with Crippen molar-refractivity contribution >= 4 is 17.6 Å². The van der Waals surface area contributed by atoms with Crippen molar-refractivity contribution in [2.24, 2.45) is 12.0 Å². The van der Waals surface area contributed by atoms with E-state index in [2.05, 4.69) is 54.7 Å². The summed E-state index contributed by atoms with van der Waals surface area (Å²) in [5.41, 5.74) is 8.23. The molecule has 0 aliphatic heterocycles. The zero-order valence-corrected chi connectivity index (χ0v) is 20.8. The molecule has 6 heteroatoms. The molecule has 1 amide bonds. The Bertz CT molecular complexity index is 1140. The van der Waals surface area contributed by atoms with Gasteiger partial charge in [-0.2, -0.15) is 5.10 Å². The number of anilines is 1. The molecule has 0 saturated carbocycles. The molecule has 2 aromatic carbocycles. The summed E-state index contributed by atoms with van der Waals surface area (Å²) in [6.45, 7) is 12.9. The first-order valence-electron chi connectivity index (χ1n) is 11.4. The molecule has 1 aromatic heterocycles. The van der Waals surface area contributed by atoms with Crippen LogP contribution in [0.1, 0.15) is 63.8 Å². The summed E-state index contributed by atoms with van der Waals surface area (Å²) in [6, 6.07) is 14.1. The lowest BCUT2D eigenvalue weighted by Gasteiger charge is -2.14. The van der Waals surface area contributed by atoms with E-state index in [4.69, 9.17) is 4.99 Å². The monoisotopic (exact) mass is 445 g/mol. The first-order valence-corrected chi connectivity index (χ1v) is 11.4. The Hall–Kier alpha value is -3.41. The number of aromatic nitrogens is 2. The molecule has 0 spiro atoms. The molecule has 1 heterocycles. The SMILES string of the molecule is Cc1cc(C)cc(C(=O)NC(=NCCc2c(C)nn(C)c2C)Nc2ccc(C(C)C)cc2)c1. The van der Waals surface area contributed by atoms with Crippen LogP contribution in [0, 0.1) is 27.7 Å². The third-order valence-corrected chi connectivity index (χ3v) is 5.85. The second-order valence-electron chi connectivity index (χ2n) is 8.99. The van der Waals surface area contributed by atoms with Crippen molar-refractivity contribution in [1.82, 2.24) is 15.1 Å². The normalized spacial score (nSPS) is 11.7. The first-order chi connectivity index (χ1) is 15.6. The fourth-order valence-electron chi connectivity index (χ4n) is 3.94. The van der Waals surface area contributed by atoms with Crippen molar-refractivity contribution < 1.29 is 4.79 Å². The Morgan fingerprint density at radius 2 is 1.67 bits per heavy atom. The summed E-state index contributed by atoms with van der Waals surface area (Å²) in [5.74, 6) is 0.721. The number of carbonyl (C=O) groups excluding carboxylic acids is 1. The standard InChI is InChI=1S/C27H35N5O/c1-17(2)22-8-10-24(11-9-22)29-27(28-13-12-25-20(5)31-32(7)21(25)6)30-26(33)23-15-18(3)14-19(4)16-23/h8-11,14-17H,12-13H2,1-7H3,(H2,28,29,30,33). The number of aryl methyl sites for hydroxylation is 4. The molecular weight excluding hydrogens is 410 g/mol. The number of hydrogen-bond donors (Lipinski definition) is 2. The number of nitrogens with zero attached hydrogens (tertiary/aromatic N) is 3. The van der Waals surface area contributed by atoms with Crippen LogP contribution in [-0.4, -0.2) is 28.2 Å². The van der Waals surface area contributed by atoms with Crippen molar-refractivity contribution in [1.29, 1.82) is 0 Å². The van der Waals surface area contributed by atoms with Crippen molar-refractivity contribution in [2.45, 2.75) is 53.9 Å². The van der Waals surface area contributed by atoms with Crippen LogP contribution in [-0.2, 0) is 13.5 Å². The fourth-order valence-corrected chi connectivity index (χ4v) is 3.94. The Labute approximate surface area is 197 Å². The summed E-state index contributed by atoms with van der Waals surface area (Å²) in [5, 5.41) is 10.8. The maximum absolute atomic E-state index is 13.0. The van der Waals surface area contributed by atoms with Crippen LogP contribution >= 0.6 is 0 Å². The van der Waals surface area contributed by atoms with Crippen LogP contribution in [0.5, 0.6) is 0 Å². The number of benzene rings is 2. The molecule has 174 valence electrons. The van der Waals surface area contributed by atoms with Crippen molar-refractivity contribution in [3.05, 3.63) is 81.7 Å². The minimum atomic E-state index is -0.180. The molecular formula is C27H35N5O. The van der Waals surface area contributed by atoms with Crippen LogP contribution in [0.4, 0.5) is 5.69 Å². The fraction of sp³-hybridized carbons (Fsp3) is 0.370. The van der Waals surface area contributed by atoms with Crippen molar-refractivity contribution in [3.8, 4) is 0 Å². The van der Waals surface area contributed by atoms with E-state index in [0.29, 0.717) is 24.0 Å². The molecule has 3 rings (SSSR count). The van der Waals surface area contributed by atoms with Gasteiger partial charge in [0, 0.05) is 30.5 Å². The number of aliphatic imine (C=N–C) groups is 1. The number of hydrogen-bond acceptors (Lipinski definition) is 3. The van der Waals surface area contributed by atoms with E-state index in [-0.39, 0.29) is 5.91 Å². The Morgan fingerprint density at radius 3 is 2.21 bits per heavy atom. The van der Waals surface area contributed by atoms with E-state index >= 15 is 0 Å². The topological polar surface area (TPSA) is 71.3 Å². The Balaban J connectivity index is 1.81. The highest BCUT2D eigenvalue weighted by Gasteiger charge is 2.12. The number of carbonyl (C=O) groups is 1. The summed E-state index contributed by atoms with van der Waals surface area (Å²) in [6.07, 6.45) is 0.752. The summed E-state index contributed by atoms with van der Waals surface area (Å²) in [4.78, 5) is 17.7. The van der Waals surface area contributed by atoms with Gasteiger partial charge >= 0.3 is 0 Å². The van der Waals surface area contributed by atoms with E-state index < -0.39 is 0 Å². The van der Waals surface area contributed by atoms with Gasteiger partial charge in [0.05, 0.1) is 5.69 Å². The van der Waals surface area contributed by atoms with Gasteiger partial charge in [0.1, 0.15) is 0 Å². The maximum atomic E-state index is 13.0. The number of guanidine groups is 1. The molecule has 6 nitrogen and oxygen atoms in total. The van der Waals surface area contributed by atoms with Gasteiger partial charge in [-0.1, -0.05) is 43.2 Å². The van der Waals surface area contributed by atoms with Crippen LogP contribution in [0.3, 0.4) is 0 Å². The van der Waals surface area contributed by atoms with Gasteiger partial charge in [-0.25, -0.2) is 0 Å². The molecule has 0 atom stereocenters. The van der Waals surface area contributed by atoms with Crippen LogP contribution < -0.4 is 10.6 Å². The van der Waals surface area contributed by atoms with E-state index in [1.54, 1.807) is 0 Å².